The Morgan fingerprint density at radius 2 is 1.92 bits per heavy atom. The van der Waals surface area contributed by atoms with E-state index < -0.39 is 27.4 Å². The molecule has 0 unspecified atom stereocenters. The second-order valence-electron chi connectivity index (χ2n) is 5.46. The molecule has 1 aliphatic carbocycles. The van der Waals surface area contributed by atoms with Crippen LogP contribution in [-0.2, 0) is 16.6 Å². The quantitative estimate of drug-likeness (QED) is 0.838. The summed E-state index contributed by atoms with van der Waals surface area (Å²) >= 11 is 0. The Morgan fingerprint density at radius 3 is 2.48 bits per heavy atom. The predicted octanol–water partition coefficient (Wildman–Crippen LogP) is 2.67. The lowest BCUT2D eigenvalue weighted by Crippen LogP contribution is -2.17. The standard InChI is InChI=1S/C14H14F3N3O3S.ClH/c15-14(16,17)23-12-4-9(6-18)3-10(5-12)11-7-19-20(8-11)24(21,22)13-1-2-13;/h3-5,7-8,13H,1-2,6,18H2;1H. The highest BCUT2D eigenvalue weighted by Crippen LogP contribution is 2.32. The second-order valence-corrected chi connectivity index (χ2v) is 7.53. The monoisotopic (exact) mass is 397 g/mol. The molecular weight excluding hydrogens is 383 g/mol. The fourth-order valence-electron chi connectivity index (χ4n) is 2.25. The summed E-state index contributed by atoms with van der Waals surface area (Å²) in [4.78, 5) is 0. The van der Waals surface area contributed by atoms with Gasteiger partial charge in [-0.2, -0.15) is 9.19 Å². The van der Waals surface area contributed by atoms with E-state index in [2.05, 4.69) is 9.84 Å². The molecule has 0 spiro atoms. The molecule has 0 aliphatic heterocycles. The largest absolute Gasteiger partial charge is 0.573 e. The molecular formula is C14H15ClF3N3O3S. The number of hydrogen-bond acceptors (Lipinski definition) is 5. The molecule has 1 heterocycles. The zero-order valence-electron chi connectivity index (χ0n) is 12.7. The molecule has 2 N–H and O–H groups in total. The van der Waals surface area contributed by atoms with Crippen LogP contribution in [0.3, 0.4) is 0 Å². The summed E-state index contributed by atoms with van der Waals surface area (Å²) in [5.74, 6) is -0.418. The van der Waals surface area contributed by atoms with Crippen molar-refractivity contribution in [2.24, 2.45) is 5.73 Å². The summed E-state index contributed by atoms with van der Waals surface area (Å²) in [5.41, 5.74) is 6.62. The number of halogens is 4. The van der Waals surface area contributed by atoms with Crippen molar-refractivity contribution in [3.05, 3.63) is 36.2 Å². The van der Waals surface area contributed by atoms with Crippen LogP contribution in [-0.4, -0.2) is 29.2 Å². The predicted molar refractivity (Wildman–Crippen MR) is 86.8 cm³/mol. The summed E-state index contributed by atoms with van der Waals surface area (Å²) in [6.07, 6.45) is -1.09. The summed E-state index contributed by atoms with van der Waals surface area (Å²) in [6, 6.07) is 3.91. The van der Waals surface area contributed by atoms with Crippen molar-refractivity contribution in [1.29, 1.82) is 0 Å². The molecule has 25 heavy (non-hydrogen) atoms. The normalized spacial score (nSPS) is 14.9. The molecule has 0 saturated heterocycles. The van der Waals surface area contributed by atoms with Gasteiger partial charge in [-0.1, -0.05) is 0 Å². The molecule has 0 radical (unpaired) electrons. The molecule has 1 saturated carbocycles. The lowest BCUT2D eigenvalue weighted by atomic mass is 10.1. The smallest absolute Gasteiger partial charge is 0.406 e. The lowest BCUT2D eigenvalue weighted by Gasteiger charge is -2.11. The van der Waals surface area contributed by atoms with E-state index in [1.54, 1.807) is 6.07 Å². The van der Waals surface area contributed by atoms with Crippen molar-refractivity contribution in [3.8, 4) is 16.9 Å². The molecule has 6 nitrogen and oxygen atoms in total. The van der Waals surface area contributed by atoms with E-state index >= 15 is 0 Å². The molecule has 0 bridgehead atoms. The summed E-state index contributed by atoms with van der Waals surface area (Å²) in [5, 5.41) is 3.38. The lowest BCUT2D eigenvalue weighted by molar-refractivity contribution is -0.274. The van der Waals surface area contributed by atoms with Gasteiger partial charge in [0.05, 0.1) is 17.6 Å². The minimum atomic E-state index is -4.83. The van der Waals surface area contributed by atoms with Gasteiger partial charge in [-0.3, -0.25) is 0 Å². The first-order chi connectivity index (χ1) is 11.2. The van der Waals surface area contributed by atoms with E-state index in [4.69, 9.17) is 5.73 Å². The number of rotatable bonds is 5. The Labute approximate surface area is 148 Å². The topological polar surface area (TPSA) is 87.2 Å². The number of nitrogens with two attached hydrogens (primary N) is 1. The van der Waals surface area contributed by atoms with Gasteiger partial charge in [0.1, 0.15) is 5.75 Å². The number of alkyl halides is 3. The highest BCUT2D eigenvalue weighted by Gasteiger charge is 2.37. The van der Waals surface area contributed by atoms with Gasteiger partial charge in [-0.05, 0) is 42.2 Å². The minimum absolute atomic E-state index is 0. The number of aromatic nitrogens is 2. The molecule has 0 atom stereocenters. The Hall–Kier alpha value is -1.78. The van der Waals surface area contributed by atoms with Crippen LogP contribution in [0.2, 0.25) is 0 Å². The van der Waals surface area contributed by atoms with Crippen molar-refractivity contribution in [1.82, 2.24) is 9.19 Å². The minimum Gasteiger partial charge on any atom is -0.406 e. The van der Waals surface area contributed by atoms with Gasteiger partial charge in [-0.25, -0.2) is 8.42 Å². The van der Waals surface area contributed by atoms with Crippen LogP contribution in [0.1, 0.15) is 18.4 Å². The molecule has 1 aliphatic rings. The van der Waals surface area contributed by atoms with Gasteiger partial charge in [0, 0.05) is 12.1 Å². The molecule has 1 aromatic heterocycles. The summed E-state index contributed by atoms with van der Waals surface area (Å²) in [7, 11) is -3.54. The van der Waals surface area contributed by atoms with Crippen molar-refractivity contribution >= 4 is 22.4 Å². The molecule has 11 heteroatoms. The zero-order chi connectivity index (χ0) is 17.5. The maximum absolute atomic E-state index is 12.4. The number of hydrogen-bond donors (Lipinski definition) is 1. The number of ether oxygens (including phenoxy) is 1. The Bertz CT molecular complexity index is 864. The molecule has 138 valence electrons. The molecule has 1 fully saturated rings. The average Bonchev–Trinajstić information content (AvgIpc) is 3.22. The number of benzene rings is 1. The van der Waals surface area contributed by atoms with Crippen LogP contribution in [0.15, 0.2) is 30.6 Å². The fourth-order valence-corrected chi connectivity index (χ4v) is 3.73. The van der Waals surface area contributed by atoms with Gasteiger partial charge in [0.2, 0.25) is 0 Å². The third-order valence-corrected chi connectivity index (χ3v) is 5.57. The van der Waals surface area contributed by atoms with Crippen molar-refractivity contribution in [2.75, 3.05) is 0 Å². The average molecular weight is 398 g/mol. The van der Waals surface area contributed by atoms with Gasteiger partial charge >= 0.3 is 6.36 Å². The third kappa shape index (κ3) is 4.44. The van der Waals surface area contributed by atoms with Crippen molar-refractivity contribution < 1.29 is 26.3 Å². The molecule has 0 amide bonds. The summed E-state index contributed by atoms with van der Waals surface area (Å²) < 4.78 is 66.3. The van der Waals surface area contributed by atoms with Crippen LogP contribution in [0.25, 0.3) is 11.1 Å². The Kier molecular flexibility index (Phi) is 5.35. The third-order valence-electron chi connectivity index (χ3n) is 3.54. The van der Waals surface area contributed by atoms with Crippen LogP contribution in [0.4, 0.5) is 13.2 Å². The van der Waals surface area contributed by atoms with Crippen LogP contribution >= 0.6 is 12.4 Å². The van der Waals surface area contributed by atoms with E-state index in [1.807, 2.05) is 0 Å². The van der Waals surface area contributed by atoms with Gasteiger partial charge in [-0.15, -0.1) is 25.6 Å². The maximum atomic E-state index is 12.4. The first-order valence-corrected chi connectivity index (χ1v) is 8.58. The van der Waals surface area contributed by atoms with E-state index in [0.29, 0.717) is 29.5 Å². The van der Waals surface area contributed by atoms with Gasteiger partial charge in [0.15, 0.2) is 0 Å². The maximum Gasteiger partial charge on any atom is 0.573 e. The first-order valence-electron chi connectivity index (χ1n) is 7.08. The Morgan fingerprint density at radius 1 is 1.24 bits per heavy atom. The second kappa shape index (κ2) is 6.85. The first kappa shape index (κ1) is 19.5. The fraction of sp³-hybridized carbons (Fsp3) is 0.357. The van der Waals surface area contributed by atoms with Gasteiger partial charge < -0.3 is 10.5 Å². The highest BCUT2D eigenvalue weighted by atomic mass is 35.5. The molecule has 1 aromatic carbocycles. The van der Waals surface area contributed by atoms with Crippen molar-refractivity contribution in [2.45, 2.75) is 31.0 Å². The van der Waals surface area contributed by atoms with E-state index in [-0.39, 0.29) is 19.0 Å². The van der Waals surface area contributed by atoms with E-state index in [9.17, 15) is 21.6 Å². The number of nitrogens with zero attached hydrogens (tertiary/aromatic N) is 2. The van der Waals surface area contributed by atoms with E-state index in [0.717, 1.165) is 10.2 Å². The van der Waals surface area contributed by atoms with Crippen LogP contribution < -0.4 is 10.5 Å². The van der Waals surface area contributed by atoms with Crippen LogP contribution in [0.5, 0.6) is 5.75 Å². The van der Waals surface area contributed by atoms with Crippen LogP contribution in [0, 0.1) is 0 Å². The van der Waals surface area contributed by atoms with Crippen molar-refractivity contribution in [3.63, 3.8) is 0 Å². The molecule has 2 aromatic rings. The highest BCUT2D eigenvalue weighted by molar-refractivity contribution is 7.90. The Balaban J connectivity index is 0.00000225. The van der Waals surface area contributed by atoms with Gasteiger partial charge in [0.25, 0.3) is 10.0 Å². The molecule has 3 rings (SSSR count). The SMILES string of the molecule is Cl.NCc1cc(OC(F)(F)F)cc(-c2cnn(S(=O)(=O)C3CC3)c2)c1. The summed E-state index contributed by atoms with van der Waals surface area (Å²) in [6.45, 7) is 0.0105. The van der Waals surface area contributed by atoms with E-state index in [1.165, 1.54) is 18.5 Å². The zero-order valence-corrected chi connectivity index (χ0v) is 14.4.